The predicted molar refractivity (Wildman–Crippen MR) is 132 cm³/mol. The van der Waals surface area contributed by atoms with Crippen molar-refractivity contribution < 1.29 is 4.79 Å². The highest BCUT2D eigenvalue weighted by atomic mass is 32.2. The molecule has 0 bridgehead atoms. The lowest BCUT2D eigenvalue weighted by molar-refractivity contribution is -0.123. The molecular weight excluding hydrogens is 428 g/mol. The molecule has 1 aliphatic carbocycles. The first kappa shape index (κ1) is 22.0. The summed E-state index contributed by atoms with van der Waals surface area (Å²) in [5, 5.41) is 0. The molecule has 2 aromatic rings. The third-order valence-electron chi connectivity index (χ3n) is 5.82. The summed E-state index contributed by atoms with van der Waals surface area (Å²) in [6.07, 6.45) is 9.57. The summed E-state index contributed by atoms with van der Waals surface area (Å²) < 4.78 is 2.14. The number of carbonyl (C=O) groups is 1. The standard InChI is InChI=1S/C23H28N4O2S2/c1-3-12-25(13-4-2)20-17(21(28)26-14-8-7-11-19(26)24-20)15-18-22(29)27(23(30)31-18)16-9-5-6-10-16/h7-8,11,14-16H,3-6,9-10,12-13H2,1-2H3/b18-15-. The van der Waals surface area contributed by atoms with Gasteiger partial charge < -0.3 is 4.90 Å². The Morgan fingerprint density at radius 3 is 2.58 bits per heavy atom. The number of thiocarbonyl (C=S) groups is 1. The van der Waals surface area contributed by atoms with Crippen LogP contribution in [0.25, 0.3) is 11.7 Å². The molecule has 0 unspecified atom stereocenters. The first-order chi connectivity index (χ1) is 15.0. The topological polar surface area (TPSA) is 57.9 Å². The molecule has 0 spiro atoms. The monoisotopic (exact) mass is 456 g/mol. The zero-order valence-corrected chi connectivity index (χ0v) is 19.7. The van der Waals surface area contributed by atoms with Crippen molar-refractivity contribution in [1.82, 2.24) is 14.3 Å². The minimum atomic E-state index is -0.163. The second kappa shape index (κ2) is 9.53. The van der Waals surface area contributed by atoms with Gasteiger partial charge in [-0.05, 0) is 43.9 Å². The van der Waals surface area contributed by atoms with E-state index in [1.54, 1.807) is 21.6 Å². The molecule has 2 aliphatic rings. The Morgan fingerprint density at radius 1 is 1.19 bits per heavy atom. The van der Waals surface area contributed by atoms with Gasteiger partial charge in [0.25, 0.3) is 11.5 Å². The maximum atomic E-state index is 13.5. The Balaban J connectivity index is 1.83. The van der Waals surface area contributed by atoms with E-state index in [0.717, 1.165) is 51.6 Å². The Bertz CT molecular complexity index is 1080. The van der Waals surface area contributed by atoms with E-state index in [9.17, 15) is 9.59 Å². The average molecular weight is 457 g/mol. The Hall–Kier alpha value is -2.19. The number of fused-ring (bicyclic) bond motifs is 1. The largest absolute Gasteiger partial charge is 0.356 e. The van der Waals surface area contributed by atoms with E-state index in [1.165, 1.54) is 11.8 Å². The molecule has 2 aromatic heterocycles. The number of anilines is 1. The molecule has 8 heteroatoms. The molecule has 1 amide bonds. The van der Waals surface area contributed by atoms with Gasteiger partial charge in [0.1, 0.15) is 15.8 Å². The molecule has 1 aliphatic heterocycles. The second-order valence-corrected chi connectivity index (χ2v) is 9.74. The predicted octanol–water partition coefficient (Wildman–Crippen LogP) is 4.46. The van der Waals surface area contributed by atoms with Gasteiger partial charge in [-0.3, -0.25) is 18.9 Å². The molecular formula is C23H28N4O2S2. The van der Waals surface area contributed by atoms with Gasteiger partial charge in [0.2, 0.25) is 0 Å². The smallest absolute Gasteiger partial charge is 0.267 e. The maximum Gasteiger partial charge on any atom is 0.267 e. The first-order valence-electron chi connectivity index (χ1n) is 11.1. The van der Waals surface area contributed by atoms with Crippen molar-refractivity contribution in [3.63, 3.8) is 0 Å². The lowest BCUT2D eigenvalue weighted by Gasteiger charge is -2.24. The highest BCUT2D eigenvalue weighted by Crippen LogP contribution is 2.38. The quantitative estimate of drug-likeness (QED) is 0.453. The fourth-order valence-electron chi connectivity index (χ4n) is 4.41. The fraction of sp³-hybridized carbons (Fsp3) is 0.478. The molecule has 4 rings (SSSR count). The molecule has 1 saturated heterocycles. The zero-order valence-electron chi connectivity index (χ0n) is 18.0. The van der Waals surface area contributed by atoms with Gasteiger partial charge in [-0.1, -0.05) is 56.7 Å². The number of thioether (sulfide) groups is 1. The summed E-state index contributed by atoms with van der Waals surface area (Å²) in [5.74, 6) is 0.564. The summed E-state index contributed by atoms with van der Waals surface area (Å²) in [5.41, 5.74) is 0.900. The van der Waals surface area contributed by atoms with Gasteiger partial charge in [0.15, 0.2) is 0 Å². The van der Waals surface area contributed by atoms with Crippen LogP contribution in [0, 0.1) is 0 Å². The van der Waals surface area contributed by atoms with E-state index in [2.05, 4.69) is 18.7 Å². The molecule has 6 nitrogen and oxygen atoms in total. The summed E-state index contributed by atoms with van der Waals surface area (Å²) in [6.45, 7) is 5.83. The van der Waals surface area contributed by atoms with Crippen LogP contribution < -0.4 is 10.5 Å². The van der Waals surface area contributed by atoms with Crippen molar-refractivity contribution in [2.45, 2.75) is 58.4 Å². The first-order valence-corrected chi connectivity index (χ1v) is 12.3. The van der Waals surface area contributed by atoms with Crippen LogP contribution >= 0.6 is 24.0 Å². The van der Waals surface area contributed by atoms with Gasteiger partial charge in [-0.15, -0.1) is 0 Å². The van der Waals surface area contributed by atoms with Gasteiger partial charge in [0, 0.05) is 25.3 Å². The number of hydrogen-bond donors (Lipinski definition) is 0. The number of nitrogens with zero attached hydrogens (tertiary/aromatic N) is 4. The Labute approximate surface area is 192 Å². The number of rotatable bonds is 7. The van der Waals surface area contributed by atoms with Crippen molar-refractivity contribution in [2.24, 2.45) is 0 Å². The number of pyridine rings is 1. The van der Waals surface area contributed by atoms with Crippen molar-refractivity contribution in [1.29, 1.82) is 0 Å². The van der Waals surface area contributed by atoms with E-state index >= 15 is 0 Å². The zero-order chi connectivity index (χ0) is 22.0. The summed E-state index contributed by atoms with van der Waals surface area (Å²) in [7, 11) is 0. The normalized spacial score (nSPS) is 18.6. The number of aromatic nitrogens is 2. The average Bonchev–Trinajstić information content (AvgIpc) is 3.37. The van der Waals surface area contributed by atoms with Crippen molar-refractivity contribution in [2.75, 3.05) is 18.0 Å². The van der Waals surface area contributed by atoms with Crippen LogP contribution in [-0.2, 0) is 4.79 Å². The van der Waals surface area contributed by atoms with Crippen LogP contribution in [0.4, 0.5) is 5.82 Å². The lowest BCUT2D eigenvalue weighted by atomic mass is 10.2. The summed E-state index contributed by atoms with van der Waals surface area (Å²) >= 11 is 6.84. The second-order valence-electron chi connectivity index (χ2n) is 8.06. The van der Waals surface area contributed by atoms with Crippen molar-refractivity contribution >= 4 is 51.7 Å². The molecule has 2 fully saturated rings. The molecule has 1 saturated carbocycles. The van der Waals surface area contributed by atoms with Crippen LogP contribution in [0.1, 0.15) is 57.9 Å². The minimum Gasteiger partial charge on any atom is -0.356 e. The lowest BCUT2D eigenvalue weighted by Crippen LogP contribution is -2.36. The van der Waals surface area contributed by atoms with Crippen LogP contribution in [0.5, 0.6) is 0 Å². The van der Waals surface area contributed by atoms with E-state index < -0.39 is 0 Å². The molecule has 0 N–H and O–H groups in total. The van der Waals surface area contributed by atoms with E-state index in [-0.39, 0.29) is 17.5 Å². The maximum absolute atomic E-state index is 13.5. The Kier molecular flexibility index (Phi) is 6.77. The molecule has 0 atom stereocenters. The van der Waals surface area contributed by atoms with Crippen molar-refractivity contribution in [3.05, 3.63) is 45.2 Å². The van der Waals surface area contributed by atoms with Gasteiger partial charge in [-0.2, -0.15) is 0 Å². The SMILES string of the molecule is CCCN(CCC)c1nc2ccccn2c(=O)c1/C=C1\SC(=S)N(C2CCCC2)C1=O. The highest BCUT2D eigenvalue weighted by Gasteiger charge is 2.38. The van der Waals surface area contributed by atoms with Crippen LogP contribution in [0.3, 0.4) is 0 Å². The molecule has 0 aromatic carbocycles. The highest BCUT2D eigenvalue weighted by molar-refractivity contribution is 8.26. The Morgan fingerprint density at radius 2 is 1.90 bits per heavy atom. The van der Waals surface area contributed by atoms with Crippen LogP contribution in [0.2, 0.25) is 0 Å². The summed E-state index contributed by atoms with van der Waals surface area (Å²) in [4.78, 5) is 35.9. The molecule has 3 heterocycles. The van der Waals surface area contributed by atoms with E-state index in [0.29, 0.717) is 26.3 Å². The van der Waals surface area contributed by atoms with Gasteiger partial charge >= 0.3 is 0 Å². The number of carbonyl (C=O) groups excluding carboxylic acids is 1. The summed E-state index contributed by atoms with van der Waals surface area (Å²) in [6, 6.07) is 5.71. The van der Waals surface area contributed by atoms with Crippen LogP contribution in [0.15, 0.2) is 34.1 Å². The van der Waals surface area contributed by atoms with Crippen LogP contribution in [-0.4, -0.2) is 43.6 Å². The number of hydrogen-bond acceptors (Lipinski definition) is 6. The third-order valence-corrected chi connectivity index (χ3v) is 7.15. The van der Waals surface area contributed by atoms with Gasteiger partial charge in [0.05, 0.1) is 10.5 Å². The minimum absolute atomic E-state index is 0.0806. The fourth-order valence-corrected chi connectivity index (χ4v) is 5.79. The molecule has 31 heavy (non-hydrogen) atoms. The van der Waals surface area contributed by atoms with E-state index in [4.69, 9.17) is 17.2 Å². The van der Waals surface area contributed by atoms with E-state index in [1.807, 2.05) is 18.2 Å². The number of amides is 1. The van der Waals surface area contributed by atoms with Gasteiger partial charge in [-0.25, -0.2) is 4.98 Å². The third kappa shape index (κ3) is 4.28. The molecule has 0 radical (unpaired) electrons. The molecule has 164 valence electrons. The van der Waals surface area contributed by atoms with Crippen molar-refractivity contribution in [3.8, 4) is 0 Å².